The van der Waals surface area contributed by atoms with E-state index in [1.54, 1.807) is 68.6 Å². The molecular formula is C31H29FN4O4. The number of rotatable bonds is 9. The van der Waals surface area contributed by atoms with Crippen molar-refractivity contribution >= 4 is 23.3 Å². The molecule has 1 atom stereocenters. The minimum atomic E-state index is -0.522. The highest BCUT2D eigenvalue weighted by Gasteiger charge is 2.17. The van der Waals surface area contributed by atoms with E-state index in [0.717, 1.165) is 0 Å². The third kappa shape index (κ3) is 6.22. The molecule has 204 valence electrons. The standard InChI is InChI=1S/C31H29FN4O4/c1-19(33-2)29(38)35-26-14-15-27(22-7-5-9-24(17-22)30(39)34-3)36(31(26)40)18-20-6-4-8-23(16-20)28(37)21-10-12-25(32)13-11-21/h4-17,19,33H,18H2,1-3H3,(H,34,39)(H,35,38). The van der Waals surface area contributed by atoms with E-state index in [1.807, 2.05) is 0 Å². The number of benzene rings is 3. The lowest BCUT2D eigenvalue weighted by Crippen LogP contribution is -2.37. The molecule has 0 saturated heterocycles. The summed E-state index contributed by atoms with van der Waals surface area (Å²) in [6, 6.07) is 21.7. The fourth-order valence-corrected chi connectivity index (χ4v) is 4.18. The fourth-order valence-electron chi connectivity index (χ4n) is 4.18. The van der Waals surface area contributed by atoms with Gasteiger partial charge >= 0.3 is 0 Å². The van der Waals surface area contributed by atoms with Crippen LogP contribution in [0.4, 0.5) is 10.1 Å². The van der Waals surface area contributed by atoms with Crippen molar-refractivity contribution in [3.05, 3.63) is 123 Å². The number of nitrogens with one attached hydrogen (secondary N) is 3. The molecule has 0 saturated carbocycles. The number of hydrogen-bond acceptors (Lipinski definition) is 5. The van der Waals surface area contributed by atoms with Gasteiger partial charge in [-0.15, -0.1) is 0 Å². The number of pyridine rings is 1. The normalized spacial score (nSPS) is 11.5. The molecule has 1 heterocycles. The first-order chi connectivity index (χ1) is 19.2. The minimum Gasteiger partial charge on any atom is -0.355 e. The molecule has 2 amide bonds. The van der Waals surface area contributed by atoms with E-state index >= 15 is 0 Å². The first-order valence-corrected chi connectivity index (χ1v) is 12.7. The number of halogens is 1. The van der Waals surface area contributed by atoms with Gasteiger partial charge < -0.3 is 20.5 Å². The van der Waals surface area contributed by atoms with Crippen molar-refractivity contribution in [2.24, 2.45) is 0 Å². The van der Waals surface area contributed by atoms with Crippen molar-refractivity contribution in [3.8, 4) is 11.3 Å². The van der Waals surface area contributed by atoms with Gasteiger partial charge in [-0.3, -0.25) is 19.2 Å². The molecule has 1 unspecified atom stereocenters. The van der Waals surface area contributed by atoms with Gasteiger partial charge in [0.1, 0.15) is 11.5 Å². The summed E-state index contributed by atoms with van der Waals surface area (Å²) in [5.41, 5.74) is 2.59. The van der Waals surface area contributed by atoms with Crippen LogP contribution in [0.2, 0.25) is 0 Å². The summed E-state index contributed by atoms with van der Waals surface area (Å²) in [5, 5.41) is 8.11. The maximum absolute atomic E-state index is 13.7. The third-order valence-electron chi connectivity index (χ3n) is 6.54. The Morgan fingerprint density at radius 3 is 2.25 bits per heavy atom. The van der Waals surface area contributed by atoms with Crippen molar-refractivity contribution in [1.29, 1.82) is 0 Å². The largest absolute Gasteiger partial charge is 0.355 e. The lowest BCUT2D eigenvalue weighted by Gasteiger charge is -2.17. The van der Waals surface area contributed by atoms with Crippen LogP contribution in [0.1, 0.15) is 38.8 Å². The molecule has 4 aromatic rings. The predicted molar refractivity (Wildman–Crippen MR) is 152 cm³/mol. The van der Waals surface area contributed by atoms with Gasteiger partial charge in [0.25, 0.3) is 11.5 Å². The van der Waals surface area contributed by atoms with Crippen LogP contribution < -0.4 is 21.5 Å². The molecule has 0 aliphatic heterocycles. The molecule has 3 N–H and O–H groups in total. The van der Waals surface area contributed by atoms with E-state index in [2.05, 4.69) is 16.0 Å². The second-order valence-corrected chi connectivity index (χ2v) is 9.22. The Morgan fingerprint density at radius 1 is 0.850 bits per heavy atom. The lowest BCUT2D eigenvalue weighted by molar-refractivity contribution is -0.117. The molecular weight excluding hydrogens is 511 g/mol. The molecule has 8 nitrogen and oxygen atoms in total. The summed E-state index contributed by atoms with van der Waals surface area (Å²) in [6.07, 6.45) is 0. The van der Waals surface area contributed by atoms with Crippen molar-refractivity contribution in [2.45, 2.75) is 19.5 Å². The minimum absolute atomic E-state index is 0.0776. The van der Waals surface area contributed by atoms with Crippen LogP contribution in [0, 0.1) is 5.82 Å². The zero-order valence-corrected chi connectivity index (χ0v) is 22.3. The first-order valence-electron chi connectivity index (χ1n) is 12.7. The van der Waals surface area contributed by atoms with Crippen molar-refractivity contribution in [1.82, 2.24) is 15.2 Å². The highest BCUT2D eigenvalue weighted by Crippen LogP contribution is 2.23. The van der Waals surface area contributed by atoms with Gasteiger partial charge in [-0.1, -0.05) is 30.3 Å². The molecule has 3 aromatic carbocycles. The quantitative estimate of drug-likeness (QED) is 0.280. The molecule has 0 aliphatic rings. The molecule has 40 heavy (non-hydrogen) atoms. The molecule has 1 aromatic heterocycles. The summed E-state index contributed by atoms with van der Waals surface area (Å²) in [5.74, 6) is -1.36. The molecule has 0 bridgehead atoms. The van der Waals surface area contributed by atoms with Gasteiger partial charge in [0.2, 0.25) is 5.91 Å². The van der Waals surface area contributed by atoms with E-state index in [9.17, 15) is 23.6 Å². The molecule has 4 rings (SSSR count). The highest BCUT2D eigenvalue weighted by molar-refractivity contribution is 6.09. The number of aromatic nitrogens is 1. The maximum Gasteiger partial charge on any atom is 0.275 e. The molecule has 0 fully saturated rings. The Labute approximate surface area is 230 Å². The number of likely N-dealkylation sites (N-methyl/N-ethyl adjacent to an activating group) is 1. The predicted octanol–water partition coefficient (Wildman–Crippen LogP) is 3.84. The van der Waals surface area contributed by atoms with Crippen molar-refractivity contribution in [2.75, 3.05) is 19.4 Å². The van der Waals surface area contributed by atoms with Crippen molar-refractivity contribution in [3.63, 3.8) is 0 Å². The van der Waals surface area contributed by atoms with Crippen LogP contribution >= 0.6 is 0 Å². The van der Waals surface area contributed by atoms with Gasteiger partial charge in [0.15, 0.2) is 5.78 Å². The van der Waals surface area contributed by atoms with Crippen LogP contribution in [-0.4, -0.2) is 42.3 Å². The Bertz CT molecular complexity index is 1630. The molecule has 0 radical (unpaired) electrons. The second-order valence-electron chi connectivity index (χ2n) is 9.22. The Morgan fingerprint density at radius 2 is 1.55 bits per heavy atom. The Kier molecular flexibility index (Phi) is 8.66. The van der Waals surface area contributed by atoms with E-state index in [4.69, 9.17) is 0 Å². The highest BCUT2D eigenvalue weighted by atomic mass is 19.1. The van der Waals surface area contributed by atoms with Gasteiger partial charge in [-0.2, -0.15) is 0 Å². The number of carbonyl (C=O) groups is 3. The third-order valence-corrected chi connectivity index (χ3v) is 6.54. The number of anilines is 1. The van der Waals surface area contributed by atoms with E-state index in [1.165, 1.54) is 41.9 Å². The summed E-state index contributed by atoms with van der Waals surface area (Å²) < 4.78 is 14.8. The van der Waals surface area contributed by atoms with Crippen LogP contribution in [0.3, 0.4) is 0 Å². The molecule has 0 aliphatic carbocycles. The van der Waals surface area contributed by atoms with Crippen molar-refractivity contribution < 1.29 is 18.8 Å². The zero-order chi connectivity index (χ0) is 28.8. The van der Waals surface area contributed by atoms with Gasteiger partial charge in [0.05, 0.1) is 18.3 Å². The number of ketones is 1. The Hall–Kier alpha value is -4.89. The smallest absolute Gasteiger partial charge is 0.275 e. The summed E-state index contributed by atoms with van der Waals surface area (Å²) >= 11 is 0. The fraction of sp³-hybridized carbons (Fsp3) is 0.161. The zero-order valence-electron chi connectivity index (χ0n) is 22.3. The van der Waals surface area contributed by atoms with Crippen LogP contribution in [-0.2, 0) is 11.3 Å². The number of carbonyl (C=O) groups excluding carboxylic acids is 3. The topological polar surface area (TPSA) is 109 Å². The lowest BCUT2D eigenvalue weighted by atomic mass is 10.0. The van der Waals surface area contributed by atoms with E-state index in [0.29, 0.717) is 33.5 Å². The maximum atomic E-state index is 13.7. The van der Waals surface area contributed by atoms with Crippen LogP contribution in [0.5, 0.6) is 0 Å². The summed E-state index contributed by atoms with van der Waals surface area (Å²) in [7, 11) is 3.18. The number of hydrogen-bond donors (Lipinski definition) is 3. The average molecular weight is 541 g/mol. The van der Waals surface area contributed by atoms with Gasteiger partial charge in [-0.05, 0) is 79.7 Å². The summed E-state index contributed by atoms with van der Waals surface area (Å²) in [6.45, 7) is 1.75. The van der Waals surface area contributed by atoms with Gasteiger partial charge in [-0.25, -0.2) is 4.39 Å². The molecule has 0 spiro atoms. The number of amides is 2. The van der Waals surface area contributed by atoms with Crippen LogP contribution in [0.25, 0.3) is 11.3 Å². The van der Waals surface area contributed by atoms with Gasteiger partial charge in [0, 0.05) is 23.7 Å². The second kappa shape index (κ2) is 12.3. The summed E-state index contributed by atoms with van der Waals surface area (Å²) in [4.78, 5) is 51.5. The average Bonchev–Trinajstić information content (AvgIpc) is 2.98. The van der Waals surface area contributed by atoms with E-state index in [-0.39, 0.29) is 29.8 Å². The molecule has 9 heteroatoms. The Balaban J connectivity index is 1.78. The van der Waals surface area contributed by atoms with Crippen LogP contribution in [0.15, 0.2) is 89.7 Å². The first kappa shape index (κ1) is 28.1. The van der Waals surface area contributed by atoms with E-state index < -0.39 is 17.4 Å². The SMILES string of the molecule is CNC(=O)c1cccc(-c2ccc(NC(=O)C(C)NC)c(=O)n2Cc2cccc(C(=O)c3ccc(F)cc3)c2)c1. The monoisotopic (exact) mass is 540 g/mol. The number of nitrogens with zero attached hydrogens (tertiary/aromatic N) is 1.